The number of aromatic nitrogens is 1. The molecule has 2 aromatic carbocycles. The number of hydrogen-bond acceptors (Lipinski definition) is 2. The van der Waals surface area contributed by atoms with Gasteiger partial charge >= 0.3 is 0 Å². The van der Waals surface area contributed by atoms with Crippen LogP contribution in [0.2, 0.25) is 0 Å². The largest absolute Gasteiger partial charge is 0.361 e. The third-order valence-electron chi connectivity index (χ3n) is 3.42. The van der Waals surface area contributed by atoms with Gasteiger partial charge in [-0.2, -0.15) is 0 Å². The number of aromatic amines is 1. The topological polar surface area (TPSA) is 62.0 Å². The molecule has 0 spiro atoms. The Morgan fingerprint density at radius 1 is 1.05 bits per heavy atom. The van der Waals surface area contributed by atoms with Crippen LogP contribution in [0.1, 0.15) is 11.1 Å². The fraction of sp³-hybridized carbons (Fsp3) is 0.125. The summed E-state index contributed by atoms with van der Waals surface area (Å²) in [5.41, 5.74) is 2.95. The van der Waals surface area contributed by atoms with Gasteiger partial charge in [-0.1, -0.05) is 29.8 Å². The van der Waals surface area contributed by atoms with Gasteiger partial charge in [0, 0.05) is 18.3 Å². The minimum atomic E-state index is -3.48. The van der Waals surface area contributed by atoms with E-state index in [2.05, 4.69) is 9.71 Å². The Labute approximate surface area is 123 Å². The summed E-state index contributed by atoms with van der Waals surface area (Å²) in [6.07, 6.45) is 1.87. The number of hydrogen-bond donors (Lipinski definition) is 2. The van der Waals surface area contributed by atoms with Crippen LogP contribution in [0.3, 0.4) is 0 Å². The lowest BCUT2D eigenvalue weighted by Gasteiger charge is -2.07. The average Bonchev–Trinajstić information content (AvgIpc) is 2.93. The molecule has 3 rings (SSSR count). The van der Waals surface area contributed by atoms with Gasteiger partial charge in [-0.3, -0.25) is 0 Å². The van der Waals surface area contributed by atoms with Crippen molar-refractivity contribution in [2.75, 3.05) is 0 Å². The molecule has 0 saturated heterocycles. The second-order valence-electron chi connectivity index (χ2n) is 5.04. The molecule has 0 fully saturated rings. The van der Waals surface area contributed by atoms with Crippen molar-refractivity contribution in [2.45, 2.75) is 18.4 Å². The van der Waals surface area contributed by atoms with Crippen molar-refractivity contribution >= 4 is 20.9 Å². The summed E-state index contributed by atoms with van der Waals surface area (Å²) in [6, 6.07) is 14.6. The molecule has 0 amide bonds. The van der Waals surface area contributed by atoms with Gasteiger partial charge in [0.25, 0.3) is 0 Å². The molecule has 4 nitrogen and oxygen atoms in total. The second-order valence-corrected chi connectivity index (χ2v) is 6.80. The van der Waals surface area contributed by atoms with Crippen LogP contribution in [0, 0.1) is 6.92 Å². The zero-order valence-electron chi connectivity index (χ0n) is 11.6. The number of nitrogens with one attached hydrogen (secondary N) is 2. The molecule has 108 valence electrons. The summed E-state index contributed by atoms with van der Waals surface area (Å²) in [6.45, 7) is 2.20. The zero-order valence-corrected chi connectivity index (χ0v) is 12.4. The fourth-order valence-electron chi connectivity index (χ4n) is 2.18. The molecule has 1 aromatic heterocycles. The van der Waals surface area contributed by atoms with Crippen LogP contribution in [-0.2, 0) is 16.6 Å². The van der Waals surface area contributed by atoms with Crippen molar-refractivity contribution in [3.05, 3.63) is 65.9 Å². The second kappa shape index (κ2) is 5.35. The normalized spacial score (nSPS) is 11.9. The minimum Gasteiger partial charge on any atom is -0.361 e. The van der Waals surface area contributed by atoms with Gasteiger partial charge in [0.2, 0.25) is 10.0 Å². The van der Waals surface area contributed by atoms with E-state index < -0.39 is 10.0 Å². The van der Waals surface area contributed by atoms with Gasteiger partial charge in [0.15, 0.2) is 0 Å². The van der Waals surface area contributed by atoms with Crippen molar-refractivity contribution in [1.29, 1.82) is 0 Å². The molecule has 0 atom stereocenters. The first-order chi connectivity index (χ1) is 10.0. The van der Waals surface area contributed by atoms with E-state index in [1.165, 1.54) is 0 Å². The van der Waals surface area contributed by atoms with E-state index in [-0.39, 0.29) is 11.4 Å². The monoisotopic (exact) mass is 300 g/mol. The maximum atomic E-state index is 12.2. The maximum Gasteiger partial charge on any atom is 0.240 e. The quantitative estimate of drug-likeness (QED) is 0.778. The number of fused-ring (bicyclic) bond motifs is 1. The van der Waals surface area contributed by atoms with Gasteiger partial charge in [-0.05, 0) is 42.1 Å². The predicted octanol–water partition coefficient (Wildman–Crippen LogP) is 2.95. The summed E-state index contributed by atoms with van der Waals surface area (Å²) < 4.78 is 27.0. The van der Waals surface area contributed by atoms with Gasteiger partial charge in [-0.15, -0.1) is 0 Å². The van der Waals surface area contributed by atoms with Crippen molar-refractivity contribution in [3.8, 4) is 0 Å². The van der Waals surface area contributed by atoms with Gasteiger partial charge in [0.1, 0.15) is 0 Å². The third kappa shape index (κ3) is 2.99. The molecule has 1 heterocycles. The van der Waals surface area contributed by atoms with E-state index in [0.717, 1.165) is 22.0 Å². The molecule has 0 aliphatic carbocycles. The lowest BCUT2D eigenvalue weighted by atomic mass is 10.2. The number of H-pyrrole nitrogens is 1. The Morgan fingerprint density at radius 2 is 1.81 bits per heavy atom. The smallest absolute Gasteiger partial charge is 0.240 e. The molecule has 21 heavy (non-hydrogen) atoms. The zero-order chi connectivity index (χ0) is 14.9. The predicted molar refractivity (Wildman–Crippen MR) is 83.5 cm³/mol. The van der Waals surface area contributed by atoms with E-state index in [4.69, 9.17) is 0 Å². The van der Waals surface area contributed by atoms with Crippen molar-refractivity contribution in [3.63, 3.8) is 0 Å². The minimum absolute atomic E-state index is 0.269. The van der Waals surface area contributed by atoms with Gasteiger partial charge < -0.3 is 4.98 Å². The molecular formula is C16H16N2O2S. The number of sulfonamides is 1. The van der Waals surface area contributed by atoms with Crippen molar-refractivity contribution < 1.29 is 8.42 Å². The SMILES string of the molecule is Cc1ccc(S(=O)(=O)NCc2ccc3cc[nH]c3c2)cc1. The van der Waals surface area contributed by atoms with Crippen LogP contribution in [0.5, 0.6) is 0 Å². The van der Waals surface area contributed by atoms with Gasteiger partial charge in [-0.25, -0.2) is 13.1 Å². The van der Waals surface area contributed by atoms with Crippen LogP contribution >= 0.6 is 0 Å². The van der Waals surface area contributed by atoms with Crippen molar-refractivity contribution in [2.24, 2.45) is 0 Å². The first-order valence-electron chi connectivity index (χ1n) is 6.67. The molecule has 5 heteroatoms. The molecule has 3 aromatic rings. The summed E-state index contributed by atoms with van der Waals surface area (Å²) in [7, 11) is -3.48. The van der Waals surface area contributed by atoms with E-state index >= 15 is 0 Å². The highest BCUT2D eigenvalue weighted by molar-refractivity contribution is 7.89. The highest BCUT2D eigenvalue weighted by Gasteiger charge is 2.13. The van der Waals surface area contributed by atoms with Crippen LogP contribution < -0.4 is 4.72 Å². The molecule has 0 aliphatic rings. The summed E-state index contributed by atoms with van der Waals surface area (Å²) in [4.78, 5) is 3.40. The standard InChI is InChI=1S/C16H16N2O2S/c1-12-2-6-15(7-3-12)21(19,20)18-11-13-4-5-14-8-9-17-16(14)10-13/h2-10,17-18H,11H2,1H3. The number of rotatable bonds is 4. The summed E-state index contributed by atoms with van der Waals surface area (Å²) in [5.74, 6) is 0. The van der Waals surface area contributed by atoms with Gasteiger partial charge in [0.05, 0.1) is 4.90 Å². The number of aryl methyl sites for hydroxylation is 1. The fourth-order valence-corrected chi connectivity index (χ4v) is 3.20. The average molecular weight is 300 g/mol. The van der Waals surface area contributed by atoms with Crippen LogP contribution in [0.25, 0.3) is 10.9 Å². The Morgan fingerprint density at radius 3 is 2.57 bits per heavy atom. The summed E-state index contributed by atoms with van der Waals surface area (Å²) >= 11 is 0. The lowest BCUT2D eigenvalue weighted by molar-refractivity contribution is 0.581. The highest BCUT2D eigenvalue weighted by atomic mass is 32.2. The van der Waals surface area contributed by atoms with Crippen LogP contribution in [0.15, 0.2) is 59.6 Å². The molecule has 0 bridgehead atoms. The summed E-state index contributed by atoms with van der Waals surface area (Å²) in [5, 5.41) is 1.11. The highest BCUT2D eigenvalue weighted by Crippen LogP contribution is 2.15. The van der Waals surface area contributed by atoms with E-state index in [0.29, 0.717) is 0 Å². The van der Waals surface area contributed by atoms with Crippen molar-refractivity contribution in [1.82, 2.24) is 9.71 Å². The molecule has 0 unspecified atom stereocenters. The van der Waals surface area contributed by atoms with Crippen LogP contribution in [0.4, 0.5) is 0 Å². The molecule has 0 saturated carbocycles. The first-order valence-corrected chi connectivity index (χ1v) is 8.15. The first kappa shape index (κ1) is 13.9. The Kier molecular flexibility index (Phi) is 3.53. The Bertz CT molecular complexity index is 865. The number of benzene rings is 2. The van der Waals surface area contributed by atoms with Crippen LogP contribution in [-0.4, -0.2) is 13.4 Å². The van der Waals surface area contributed by atoms with E-state index in [1.807, 2.05) is 37.4 Å². The molecule has 0 aliphatic heterocycles. The Balaban J connectivity index is 1.78. The maximum absolute atomic E-state index is 12.2. The molecule has 2 N–H and O–H groups in total. The third-order valence-corrected chi connectivity index (χ3v) is 4.83. The van der Waals surface area contributed by atoms with E-state index in [1.54, 1.807) is 24.3 Å². The molecule has 0 radical (unpaired) electrons. The Hall–Kier alpha value is -2.11. The lowest BCUT2D eigenvalue weighted by Crippen LogP contribution is -2.23. The molecular weight excluding hydrogens is 284 g/mol. The van der Waals surface area contributed by atoms with E-state index in [9.17, 15) is 8.42 Å².